The highest BCUT2D eigenvalue weighted by Crippen LogP contribution is 2.70. The number of carbonyl (C=O) groups excluding carboxylic acids is 1. The second-order valence-electron chi connectivity index (χ2n) is 13.6. The molecule has 0 heterocycles. The molecule has 168 valence electrons. The molecule has 0 aliphatic heterocycles. The first-order valence-electron chi connectivity index (χ1n) is 12.9. The summed E-state index contributed by atoms with van der Waals surface area (Å²) in [7, 11) is 0. The van der Waals surface area contributed by atoms with Crippen molar-refractivity contribution < 1.29 is 9.90 Å². The number of hydrogen-bond donors (Lipinski definition) is 1. The molecule has 5 rings (SSSR count). The molecule has 0 saturated heterocycles. The Morgan fingerprint density at radius 1 is 0.933 bits per heavy atom. The zero-order chi connectivity index (χ0) is 21.7. The molecule has 30 heavy (non-hydrogen) atoms. The van der Waals surface area contributed by atoms with Crippen LogP contribution in [0, 0.1) is 51.2 Å². The average Bonchev–Trinajstić information content (AvgIpc) is 2.68. The third-order valence-electron chi connectivity index (χ3n) is 11.7. The maximum absolute atomic E-state index is 13.9. The zero-order valence-electron chi connectivity index (χ0n) is 20.3. The Morgan fingerprint density at radius 2 is 1.67 bits per heavy atom. The largest absolute Gasteiger partial charge is 0.393 e. The molecule has 0 bridgehead atoms. The van der Waals surface area contributed by atoms with E-state index in [9.17, 15) is 9.90 Å². The second-order valence-corrected chi connectivity index (χ2v) is 13.6. The fourth-order valence-electron chi connectivity index (χ4n) is 9.68. The third-order valence-corrected chi connectivity index (χ3v) is 11.7. The van der Waals surface area contributed by atoms with E-state index in [0.717, 1.165) is 18.8 Å². The first-order chi connectivity index (χ1) is 13.9. The van der Waals surface area contributed by atoms with Crippen LogP contribution in [0.15, 0.2) is 11.6 Å². The molecule has 0 aromatic carbocycles. The van der Waals surface area contributed by atoms with Crippen molar-refractivity contribution in [3.63, 3.8) is 0 Å². The Bertz CT molecular complexity index is 780. The molecule has 0 aromatic heterocycles. The lowest BCUT2D eigenvalue weighted by Gasteiger charge is -2.66. The van der Waals surface area contributed by atoms with Gasteiger partial charge in [-0.05, 0) is 103 Å². The highest BCUT2D eigenvalue weighted by atomic mass is 16.3. The van der Waals surface area contributed by atoms with E-state index in [0.29, 0.717) is 29.0 Å². The summed E-state index contributed by atoms with van der Waals surface area (Å²) in [6, 6.07) is 0. The second kappa shape index (κ2) is 6.46. The molecule has 2 heteroatoms. The number of aliphatic hydroxyl groups excluding tert-OH is 1. The van der Waals surface area contributed by atoms with E-state index in [-0.39, 0.29) is 28.3 Å². The molecule has 0 radical (unpaired) electrons. The maximum atomic E-state index is 13.9. The normalized spacial score (nSPS) is 54.9. The molecule has 4 fully saturated rings. The Balaban J connectivity index is 1.58. The summed E-state index contributed by atoms with van der Waals surface area (Å²) in [5.41, 5.74) is 2.10. The van der Waals surface area contributed by atoms with Crippen LogP contribution in [0.1, 0.15) is 99.3 Å². The minimum Gasteiger partial charge on any atom is -0.393 e. The predicted octanol–water partition coefficient (Wildman–Crippen LogP) is 6.57. The average molecular weight is 413 g/mol. The van der Waals surface area contributed by atoms with E-state index in [1.807, 2.05) is 0 Å². The summed E-state index contributed by atoms with van der Waals surface area (Å²) >= 11 is 0. The number of aliphatic hydroxyl groups is 1. The fourth-order valence-corrected chi connectivity index (χ4v) is 9.68. The molecule has 5 aliphatic rings. The van der Waals surface area contributed by atoms with Crippen LogP contribution in [0.5, 0.6) is 0 Å². The monoisotopic (exact) mass is 412 g/mol. The van der Waals surface area contributed by atoms with Crippen molar-refractivity contribution in [1.29, 1.82) is 0 Å². The highest BCUT2D eigenvalue weighted by molar-refractivity contribution is 5.95. The van der Waals surface area contributed by atoms with Gasteiger partial charge in [0, 0.05) is 5.92 Å². The smallest absolute Gasteiger partial charge is 0.159 e. The standard InChI is InChI=1S/C28H44O2/c1-17-9-11-26(4)13-14-27(5)18-7-8-22-25(2,3)23(30)10-12-28(22,6)24(18)21(29)16-20(27)19(26)15-17/h16-19,22-24,30H,7-15H2,1-6H3/t17-,18?,19+,22+,23+,24-,26-,27+,28+/m1/s1. The fraction of sp³-hybridized carbons (Fsp3) is 0.893. The molecular formula is C28H44O2. The van der Waals surface area contributed by atoms with Gasteiger partial charge in [0.25, 0.3) is 0 Å². The van der Waals surface area contributed by atoms with E-state index in [1.165, 1.54) is 44.9 Å². The lowest BCUT2D eigenvalue weighted by Crippen LogP contribution is -2.62. The van der Waals surface area contributed by atoms with E-state index >= 15 is 0 Å². The van der Waals surface area contributed by atoms with Gasteiger partial charge < -0.3 is 5.11 Å². The summed E-state index contributed by atoms with van der Waals surface area (Å²) in [4.78, 5) is 13.9. The van der Waals surface area contributed by atoms with Gasteiger partial charge in [-0.15, -0.1) is 0 Å². The van der Waals surface area contributed by atoms with Crippen molar-refractivity contribution >= 4 is 5.78 Å². The van der Waals surface area contributed by atoms with Gasteiger partial charge in [0.2, 0.25) is 0 Å². The van der Waals surface area contributed by atoms with Crippen LogP contribution in [0.4, 0.5) is 0 Å². The van der Waals surface area contributed by atoms with Crippen molar-refractivity contribution in [2.45, 2.75) is 105 Å². The first-order valence-corrected chi connectivity index (χ1v) is 12.9. The molecule has 1 unspecified atom stereocenters. The summed E-state index contributed by atoms with van der Waals surface area (Å²) in [6.45, 7) is 14.4. The van der Waals surface area contributed by atoms with Crippen LogP contribution in [-0.2, 0) is 4.79 Å². The zero-order valence-corrected chi connectivity index (χ0v) is 20.3. The number of hydrogen-bond acceptors (Lipinski definition) is 2. The summed E-state index contributed by atoms with van der Waals surface area (Å²) in [6.07, 6.45) is 12.7. The van der Waals surface area contributed by atoms with Gasteiger partial charge in [-0.3, -0.25) is 4.79 Å². The number of fused-ring (bicyclic) bond motifs is 7. The highest BCUT2D eigenvalue weighted by Gasteiger charge is 2.65. The molecule has 0 amide bonds. The Kier molecular flexibility index (Phi) is 4.57. The maximum Gasteiger partial charge on any atom is 0.159 e. The lowest BCUT2D eigenvalue weighted by molar-refractivity contribution is -0.176. The van der Waals surface area contributed by atoms with Gasteiger partial charge in [0.15, 0.2) is 5.78 Å². The van der Waals surface area contributed by atoms with Gasteiger partial charge in [0.1, 0.15) is 0 Å². The van der Waals surface area contributed by atoms with Crippen molar-refractivity contribution in [1.82, 2.24) is 0 Å². The Morgan fingerprint density at radius 3 is 2.40 bits per heavy atom. The summed E-state index contributed by atoms with van der Waals surface area (Å²) < 4.78 is 0. The number of allylic oxidation sites excluding steroid dienone is 2. The molecule has 9 atom stereocenters. The number of rotatable bonds is 0. The molecule has 1 N–H and O–H groups in total. The predicted molar refractivity (Wildman–Crippen MR) is 122 cm³/mol. The van der Waals surface area contributed by atoms with Crippen molar-refractivity contribution in [3.05, 3.63) is 11.6 Å². The summed E-state index contributed by atoms with van der Waals surface area (Å²) in [5, 5.41) is 10.8. The lowest BCUT2D eigenvalue weighted by atomic mass is 9.38. The van der Waals surface area contributed by atoms with Gasteiger partial charge in [-0.1, -0.05) is 53.5 Å². The molecule has 2 nitrogen and oxygen atoms in total. The Hall–Kier alpha value is -0.630. The molecule has 0 aromatic rings. The van der Waals surface area contributed by atoms with Gasteiger partial charge >= 0.3 is 0 Å². The van der Waals surface area contributed by atoms with Gasteiger partial charge in [0.05, 0.1) is 6.10 Å². The van der Waals surface area contributed by atoms with Crippen LogP contribution in [-0.4, -0.2) is 17.0 Å². The van der Waals surface area contributed by atoms with Crippen LogP contribution in [0.2, 0.25) is 0 Å². The number of ketones is 1. The van der Waals surface area contributed by atoms with Crippen LogP contribution < -0.4 is 0 Å². The minimum atomic E-state index is -0.230. The quantitative estimate of drug-likeness (QED) is 0.489. The first kappa shape index (κ1) is 21.2. The van der Waals surface area contributed by atoms with Gasteiger partial charge in [-0.2, -0.15) is 0 Å². The molecule has 0 spiro atoms. The van der Waals surface area contributed by atoms with Gasteiger partial charge in [-0.25, -0.2) is 0 Å². The van der Waals surface area contributed by atoms with E-state index < -0.39 is 0 Å². The van der Waals surface area contributed by atoms with E-state index in [1.54, 1.807) is 5.57 Å². The van der Waals surface area contributed by atoms with Crippen LogP contribution in [0.25, 0.3) is 0 Å². The molecule has 4 saturated carbocycles. The van der Waals surface area contributed by atoms with Crippen LogP contribution >= 0.6 is 0 Å². The van der Waals surface area contributed by atoms with E-state index in [4.69, 9.17) is 0 Å². The van der Waals surface area contributed by atoms with Crippen LogP contribution in [0.3, 0.4) is 0 Å². The minimum absolute atomic E-state index is 0.0361. The summed E-state index contributed by atoms with van der Waals surface area (Å²) in [5.74, 6) is 2.93. The third kappa shape index (κ3) is 2.61. The van der Waals surface area contributed by atoms with Crippen molar-refractivity contribution in [2.24, 2.45) is 51.2 Å². The Labute approximate surface area is 184 Å². The topological polar surface area (TPSA) is 37.3 Å². The van der Waals surface area contributed by atoms with E-state index in [2.05, 4.69) is 47.6 Å². The van der Waals surface area contributed by atoms with Crippen molar-refractivity contribution in [2.75, 3.05) is 0 Å². The number of carbonyl (C=O) groups is 1. The van der Waals surface area contributed by atoms with Crippen molar-refractivity contribution in [3.8, 4) is 0 Å². The molecular weight excluding hydrogens is 368 g/mol. The molecule has 5 aliphatic carbocycles. The SMILES string of the molecule is C[C@@H]1CC[C@]2(C)CC[C@]3(C)C(=CC(=O)[C@H]4C3CC[C@H]3C(C)(C)[C@@H](O)CC[C@]43C)[C@@H]2C1.